The van der Waals surface area contributed by atoms with Crippen LogP contribution in [0.25, 0.3) is 0 Å². The molecular weight excluding hydrogens is 410 g/mol. The number of nitrogens with zero attached hydrogens (tertiary/aromatic N) is 3. The maximum atomic E-state index is 12.6. The van der Waals surface area contributed by atoms with Gasteiger partial charge in [0.25, 0.3) is 0 Å². The molecule has 0 saturated heterocycles. The minimum Gasteiger partial charge on any atom is -0.340 e. The van der Waals surface area contributed by atoms with Crippen LogP contribution >= 0.6 is 0 Å². The smallest absolute Gasteiger partial charge is 0.229 e. The standard InChI is InChI=1S/C23H25N5O2S/c1-16-14-24-23(26-19-5-3-2-4-6-19)27-22(16)25-20-8-7-18-15-28(12-11-17(18)13-20)31(29,30)21-9-10-21/h2-8,13-14,21H,9-12,15H2,1H3,(H2,24,25,26,27). The van der Waals surface area contributed by atoms with E-state index in [1.165, 1.54) is 5.56 Å². The van der Waals surface area contributed by atoms with E-state index < -0.39 is 10.0 Å². The van der Waals surface area contributed by atoms with Crippen molar-refractivity contribution in [2.24, 2.45) is 0 Å². The number of hydrogen-bond donors (Lipinski definition) is 2. The van der Waals surface area contributed by atoms with Crippen molar-refractivity contribution in [1.82, 2.24) is 14.3 Å². The summed E-state index contributed by atoms with van der Waals surface area (Å²) in [5, 5.41) is 6.45. The summed E-state index contributed by atoms with van der Waals surface area (Å²) in [5.41, 5.74) is 5.06. The lowest BCUT2D eigenvalue weighted by Crippen LogP contribution is -2.38. The van der Waals surface area contributed by atoms with Gasteiger partial charge in [-0.1, -0.05) is 24.3 Å². The normalized spacial score (nSPS) is 16.5. The fourth-order valence-electron chi connectivity index (χ4n) is 3.81. The molecule has 8 heteroatoms. The first-order valence-electron chi connectivity index (χ1n) is 10.5. The molecule has 2 heterocycles. The number of aryl methyl sites for hydroxylation is 1. The number of nitrogens with one attached hydrogen (secondary N) is 2. The van der Waals surface area contributed by atoms with E-state index in [4.69, 9.17) is 0 Å². The van der Waals surface area contributed by atoms with Crippen LogP contribution in [0.3, 0.4) is 0 Å². The van der Waals surface area contributed by atoms with Crippen molar-refractivity contribution in [2.45, 2.75) is 38.0 Å². The molecular formula is C23H25N5O2S. The van der Waals surface area contributed by atoms with Crippen LogP contribution in [0.4, 0.5) is 23.1 Å². The molecule has 0 bridgehead atoms. The Morgan fingerprint density at radius 1 is 1.00 bits per heavy atom. The van der Waals surface area contributed by atoms with E-state index in [1.54, 1.807) is 10.5 Å². The predicted octanol–water partition coefficient (Wildman–Crippen LogP) is 4.12. The largest absolute Gasteiger partial charge is 0.340 e. The van der Waals surface area contributed by atoms with Gasteiger partial charge in [0.05, 0.1) is 5.25 Å². The van der Waals surface area contributed by atoms with Crippen LogP contribution < -0.4 is 10.6 Å². The van der Waals surface area contributed by atoms with E-state index in [0.717, 1.165) is 47.6 Å². The van der Waals surface area contributed by atoms with E-state index in [-0.39, 0.29) is 5.25 Å². The first kappa shape index (κ1) is 20.0. The number of sulfonamides is 1. The molecule has 3 aromatic rings. The Balaban J connectivity index is 1.33. The number of rotatable bonds is 6. The van der Waals surface area contributed by atoms with Crippen LogP contribution in [0.15, 0.2) is 54.7 Å². The Labute approximate surface area is 182 Å². The molecule has 1 fully saturated rings. The lowest BCUT2D eigenvalue weighted by Gasteiger charge is -2.28. The maximum Gasteiger partial charge on any atom is 0.229 e. The van der Waals surface area contributed by atoms with E-state index in [0.29, 0.717) is 19.0 Å². The van der Waals surface area contributed by atoms with Crippen LogP contribution in [0.1, 0.15) is 29.5 Å². The Morgan fingerprint density at radius 2 is 1.81 bits per heavy atom. The van der Waals surface area contributed by atoms with Crippen molar-refractivity contribution in [1.29, 1.82) is 0 Å². The zero-order valence-electron chi connectivity index (χ0n) is 17.4. The molecule has 2 N–H and O–H groups in total. The van der Waals surface area contributed by atoms with Crippen LogP contribution in [-0.4, -0.2) is 34.5 Å². The average molecular weight is 436 g/mol. The number of benzene rings is 2. The summed E-state index contributed by atoms with van der Waals surface area (Å²) in [5.74, 6) is 1.26. The quantitative estimate of drug-likeness (QED) is 0.606. The highest BCUT2D eigenvalue weighted by molar-refractivity contribution is 7.90. The first-order chi connectivity index (χ1) is 15.0. The van der Waals surface area contributed by atoms with Gasteiger partial charge in [-0.15, -0.1) is 0 Å². The van der Waals surface area contributed by atoms with Crippen LogP contribution in [0.5, 0.6) is 0 Å². The third-order valence-electron chi connectivity index (χ3n) is 5.75. The molecule has 7 nitrogen and oxygen atoms in total. The molecule has 0 amide bonds. The zero-order chi connectivity index (χ0) is 21.4. The molecule has 1 aromatic heterocycles. The van der Waals surface area contributed by atoms with Gasteiger partial charge in [0.15, 0.2) is 0 Å². The van der Waals surface area contributed by atoms with Crippen molar-refractivity contribution in [3.8, 4) is 0 Å². The summed E-state index contributed by atoms with van der Waals surface area (Å²) in [6.07, 6.45) is 4.11. The third kappa shape index (κ3) is 4.26. The van der Waals surface area contributed by atoms with Gasteiger partial charge in [-0.3, -0.25) is 0 Å². The topological polar surface area (TPSA) is 87.2 Å². The molecule has 0 atom stereocenters. The van der Waals surface area contributed by atoms with Gasteiger partial charge in [-0.2, -0.15) is 9.29 Å². The van der Waals surface area contributed by atoms with E-state index in [9.17, 15) is 8.42 Å². The van der Waals surface area contributed by atoms with Gasteiger partial charge in [-0.05, 0) is 61.6 Å². The molecule has 160 valence electrons. The van der Waals surface area contributed by atoms with E-state index in [2.05, 4.69) is 26.7 Å². The highest BCUT2D eigenvalue weighted by atomic mass is 32.2. The second-order valence-electron chi connectivity index (χ2n) is 8.15. The van der Waals surface area contributed by atoms with Crippen molar-refractivity contribution in [3.05, 3.63) is 71.4 Å². The van der Waals surface area contributed by atoms with Crippen molar-refractivity contribution in [3.63, 3.8) is 0 Å². The minimum atomic E-state index is -3.13. The van der Waals surface area contributed by atoms with Crippen LogP contribution in [0.2, 0.25) is 0 Å². The van der Waals surface area contributed by atoms with Gasteiger partial charge in [0.1, 0.15) is 5.82 Å². The van der Waals surface area contributed by atoms with E-state index >= 15 is 0 Å². The van der Waals surface area contributed by atoms with Crippen LogP contribution in [0, 0.1) is 6.92 Å². The Bertz CT molecular complexity index is 1210. The molecule has 2 aliphatic rings. The molecule has 1 aliphatic carbocycles. The number of anilines is 4. The number of hydrogen-bond acceptors (Lipinski definition) is 6. The lowest BCUT2D eigenvalue weighted by atomic mass is 10.0. The van der Waals surface area contributed by atoms with Gasteiger partial charge in [0, 0.05) is 36.2 Å². The summed E-state index contributed by atoms with van der Waals surface area (Å²) in [4.78, 5) is 9.00. The fraction of sp³-hybridized carbons (Fsp3) is 0.304. The SMILES string of the molecule is Cc1cnc(Nc2ccccc2)nc1Nc1ccc2c(c1)CCN(S(=O)(=O)C1CC1)C2. The number of aromatic nitrogens is 2. The molecule has 1 aliphatic heterocycles. The summed E-state index contributed by atoms with van der Waals surface area (Å²) >= 11 is 0. The summed E-state index contributed by atoms with van der Waals surface area (Å²) in [7, 11) is -3.13. The molecule has 5 rings (SSSR count). The molecule has 31 heavy (non-hydrogen) atoms. The zero-order valence-corrected chi connectivity index (χ0v) is 18.2. The van der Waals surface area contributed by atoms with Gasteiger partial charge >= 0.3 is 0 Å². The Morgan fingerprint density at radius 3 is 2.58 bits per heavy atom. The minimum absolute atomic E-state index is 0.158. The van der Waals surface area contributed by atoms with Crippen molar-refractivity contribution < 1.29 is 8.42 Å². The monoisotopic (exact) mass is 435 g/mol. The summed E-state index contributed by atoms with van der Waals surface area (Å²) in [6, 6.07) is 15.9. The van der Waals surface area contributed by atoms with Crippen molar-refractivity contribution >= 4 is 33.2 Å². The summed E-state index contributed by atoms with van der Waals surface area (Å²) in [6.45, 7) is 2.98. The second kappa shape index (κ2) is 7.94. The molecule has 2 aromatic carbocycles. The Kier molecular flexibility index (Phi) is 5.11. The molecule has 1 saturated carbocycles. The van der Waals surface area contributed by atoms with Crippen LogP contribution in [-0.2, 0) is 23.0 Å². The number of fused-ring (bicyclic) bond motifs is 1. The summed E-state index contributed by atoms with van der Waals surface area (Å²) < 4.78 is 26.8. The fourth-order valence-corrected chi connectivity index (χ4v) is 5.63. The average Bonchev–Trinajstić information content (AvgIpc) is 3.63. The van der Waals surface area contributed by atoms with Crippen molar-refractivity contribution in [2.75, 3.05) is 17.2 Å². The van der Waals surface area contributed by atoms with Gasteiger partial charge in [0.2, 0.25) is 16.0 Å². The highest BCUT2D eigenvalue weighted by Gasteiger charge is 2.40. The predicted molar refractivity (Wildman–Crippen MR) is 122 cm³/mol. The molecule has 0 spiro atoms. The van der Waals surface area contributed by atoms with Gasteiger partial charge in [-0.25, -0.2) is 13.4 Å². The number of para-hydroxylation sites is 1. The first-order valence-corrected chi connectivity index (χ1v) is 12.0. The third-order valence-corrected chi connectivity index (χ3v) is 8.10. The molecule has 0 unspecified atom stereocenters. The van der Waals surface area contributed by atoms with Gasteiger partial charge < -0.3 is 10.6 Å². The maximum absolute atomic E-state index is 12.6. The van der Waals surface area contributed by atoms with E-state index in [1.807, 2.05) is 49.4 Å². The molecule has 0 radical (unpaired) electrons. The second-order valence-corrected chi connectivity index (χ2v) is 10.4. The lowest BCUT2D eigenvalue weighted by molar-refractivity contribution is 0.390. The Hall–Kier alpha value is -2.97. The highest BCUT2D eigenvalue weighted by Crippen LogP contribution is 2.34.